The number of aromatic nitrogens is 1. The highest BCUT2D eigenvalue weighted by atomic mass is 35.5. The quantitative estimate of drug-likeness (QED) is 0.581. The zero-order valence-corrected chi connectivity index (χ0v) is 12.4. The highest BCUT2D eigenvalue weighted by Crippen LogP contribution is 2.30. The molecule has 1 aromatic rings. The predicted octanol–water partition coefficient (Wildman–Crippen LogP) is 3.55. The summed E-state index contributed by atoms with van der Waals surface area (Å²) >= 11 is 5.97. The highest BCUT2D eigenvalue weighted by molar-refractivity contribution is 6.32. The minimum absolute atomic E-state index is 0.0395. The molecule has 0 fully saturated rings. The molecule has 0 unspecified atom stereocenters. The standard InChI is InChI=1S/C15H19ClN2O/c1-15(2,3)11-6-9-18(10-7-11)14(19)12-5-4-8-17-13(12)16/h4-6,8H,7,9-10H2,1-3H3. The summed E-state index contributed by atoms with van der Waals surface area (Å²) in [6.07, 6.45) is 4.67. The second-order valence-corrected chi connectivity index (χ2v) is 6.18. The fourth-order valence-corrected chi connectivity index (χ4v) is 2.45. The summed E-state index contributed by atoms with van der Waals surface area (Å²) in [7, 11) is 0. The van der Waals surface area contributed by atoms with Gasteiger partial charge in [-0.1, -0.05) is 44.0 Å². The van der Waals surface area contributed by atoms with Crippen molar-refractivity contribution in [3.05, 3.63) is 40.7 Å². The van der Waals surface area contributed by atoms with E-state index in [2.05, 4.69) is 31.8 Å². The lowest BCUT2D eigenvalue weighted by atomic mass is 9.83. The van der Waals surface area contributed by atoms with E-state index in [1.54, 1.807) is 18.3 Å². The van der Waals surface area contributed by atoms with E-state index in [1.807, 2.05) is 4.90 Å². The van der Waals surface area contributed by atoms with Crippen LogP contribution in [0.5, 0.6) is 0 Å². The van der Waals surface area contributed by atoms with Gasteiger partial charge in [-0.05, 0) is 24.0 Å². The lowest BCUT2D eigenvalue weighted by Gasteiger charge is -2.32. The van der Waals surface area contributed by atoms with Crippen molar-refractivity contribution in [1.82, 2.24) is 9.88 Å². The molecule has 2 rings (SSSR count). The maximum absolute atomic E-state index is 12.3. The molecular weight excluding hydrogens is 260 g/mol. The minimum Gasteiger partial charge on any atom is -0.335 e. The topological polar surface area (TPSA) is 33.2 Å². The molecule has 0 atom stereocenters. The molecule has 3 nitrogen and oxygen atoms in total. The van der Waals surface area contributed by atoms with Gasteiger partial charge in [0.05, 0.1) is 5.56 Å². The summed E-state index contributed by atoms with van der Waals surface area (Å²) in [4.78, 5) is 18.1. The van der Waals surface area contributed by atoms with E-state index in [1.165, 1.54) is 5.57 Å². The molecule has 0 saturated carbocycles. The van der Waals surface area contributed by atoms with Crippen molar-refractivity contribution in [2.45, 2.75) is 27.2 Å². The van der Waals surface area contributed by atoms with Crippen molar-refractivity contribution in [2.24, 2.45) is 5.41 Å². The molecule has 0 radical (unpaired) electrons. The summed E-state index contributed by atoms with van der Waals surface area (Å²) in [6.45, 7) is 8.00. The molecule has 0 saturated heterocycles. The van der Waals surface area contributed by atoms with Gasteiger partial charge in [0.15, 0.2) is 0 Å². The Hall–Kier alpha value is -1.35. The summed E-state index contributed by atoms with van der Waals surface area (Å²) in [5.41, 5.74) is 2.08. The monoisotopic (exact) mass is 278 g/mol. The molecule has 0 aromatic carbocycles. The molecule has 4 heteroatoms. The van der Waals surface area contributed by atoms with Crippen LogP contribution in [-0.2, 0) is 0 Å². The Kier molecular flexibility index (Phi) is 3.95. The molecular formula is C15H19ClN2O. The van der Waals surface area contributed by atoms with Gasteiger partial charge in [0.25, 0.3) is 5.91 Å². The molecule has 0 spiro atoms. The van der Waals surface area contributed by atoms with Crippen LogP contribution in [0.25, 0.3) is 0 Å². The Morgan fingerprint density at radius 3 is 2.68 bits per heavy atom. The van der Waals surface area contributed by atoms with Crippen LogP contribution in [0.4, 0.5) is 0 Å². The molecule has 0 N–H and O–H groups in total. The van der Waals surface area contributed by atoms with E-state index < -0.39 is 0 Å². The van der Waals surface area contributed by atoms with Crippen LogP contribution < -0.4 is 0 Å². The third-order valence-corrected chi connectivity index (χ3v) is 3.75. The maximum Gasteiger partial charge on any atom is 0.257 e. The smallest absolute Gasteiger partial charge is 0.257 e. The van der Waals surface area contributed by atoms with Crippen molar-refractivity contribution in [1.29, 1.82) is 0 Å². The third-order valence-electron chi connectivity index (χ3n) is 3.45. The van der Waals surface area contributed by atoms with Gasteiger partial charge >= 0.3 is 0 Å². The van der Waals surface area contributed by atoms with Gasteiger partial charge in [0.2, 0.25) is 0 Å². The van der Waals surface area contributed by atoms with Crippen LogP contribution in [0, 0.1) is 5.41 Å². The lowest BCUT2D eigenvalue weighted by molar-refractivity contribution is 0.0764. The first-order chi connectivity index (χ1) is 8.89. The van der Waals surface area contributed by atoms with E-state index in [9.17, 15) is 4.79 Å². The number of pyridine rings is 1. The van der Waals surface area contributed by atoms with Crippen molar-refractivity contribution < 1.29 is 4.79 Å². The number of hydrogen-bond donors (Lipinski definition) is 0. The first kappa shape index (κ1) is 14.1. The fourth-order valence-electron chi connectivity index (χ4n) is 2.25. The van der Waals surface area contributed by atoms with Crippen LogP contribution in [0.2, 0.25) is 5.15 Å². The van der Waals surface area contributed by atoms with Crippen LogP contribution in [0.1, 0.15) is 37.6 Å². The van der Waals surface area contributed by atoms with Crippen LogP contribution in [-0.4, -0.2) is 28.9 Å². The molecule has 2 heterocycles. The number of carbonyl (C=O) groups is 1. The van der Waals surface area contributed by atoms with Crippen LogP contribution in [0.3, 0.4) is 0 Å². The Balaban J connectivity index is 2.13. The molecule has 0 bridgehead atoms. The van der Waals surface area contributed by atoms with Crippen molar-refractivity contribution in [3.8, 4) is 0 Å². The summed E-state index contributed by atoms with van der Waals surface area (Å²) in [6, 6.07) is 3.46. The Morgan fingerprint density at radius 2 is 2.16 bits per heavy atom. The molecule has 1 aromatic heterocycles. The predicted molar refractivity (Wildman–Crippen MR) is 77.3 cm³/mol. The molecule has 1 aliphatic rings. The zero-order valence-electron chi connectivity index (χ0n) is 11.6. The van der Waals surface area contributed by atoms with Crippen LogP contribution in [0.15, 0.2) is 30.0 Å². The van der Waals surface area contributed by atoms with Crippen molar-refractivity contribution >= 4 is 17.5 Å². The van der Waals surface area contributed by atoms with Gasteiger partial charge < -0.3 is 4.90 Å². The van der Waals surface area contributed by atoms with Gasteiger partial charge in [-0.25, -0.2) is 4.98 Å². The van der Waals surface area contributed by atoms with Crippen molar-refractivity contribution in [2.75, 3.05) is 13.1 Å². The Bertz CT molecular complexity index is 517. The van der Waals surface area contributed by atoms with E-state index >= 15 is 0 Å². The normalized spacial score (nSPS) is 16.2. The van der Waals surface area contributed by atoms with Crippen LogP contribution >= 0.6 is 11.6 Å². The SMILES string of the molecule is CC(C)(C)C1=CCN(C(=O)c2cccnc2Cl)CC1. The number of rotatable bonds is 1. The Morgan fingerprint density at radius 1 is 1.42 bits per heavy atom. The summed E-state index contributed by atoms with van der Waals surface area (Å²) in [5, 5.41) is 0.276. The van der Waals surface area contributed by atoms with E-state index in [0.29, 0.717) is 12.1 Å². The fraction of sp³-hybridized carbons (Fsp3) is 0.467. The summed E-state index contributed by atoms with van der Waals surface area (Å²) in [5.74, 6) is -0.0395. The average molecular weight is 279 g/mol. The largest absolute Gasteiger partial charge is 0.335 e. The van der Waals surface area contributed by atoms with E-state index in [4.69, 9.17) is 11.6 Å². The third kappa shape index (κ3) is 3.16. The number of nitrogens with zero attached hydrogens (tertiary/aromatic N) is 2. The molecule has 1 aliphatic heterocycles. The molecule has 0 aliphatic carbocycles. The van der Waals surface area contributed by atoms with Gasteiger partial charge in [-0.15, -0.1) is 0 Å². The molecule has 19 heavy (non-hydrogen) atoms. The molecule has 102 valence electrons. The highest BCUT2D eigenvalue weighted by Gasteiger charge is 2.25. The van der Waals surface area contributed by atoms with E-state index in [0.717, 1.165) is 13.0 Å². The van der Waals surface area contributed by atoms with Crippen molar-refractivity contribution in [3.63, 3.8) is 0 Å². The average Bonchev–Trinajstić information content (AvgIpc) is 2.38. The van der Waals surface area contributed by atoms with Gasteiger partial charge in [0, 0.05) is 19.3 Å². The zero-order chi connectivity index (χ0) is 14.0. The number of halogens is 1. The number of carbonyl (C=O) groups excluding carboxylic acids is 1. The van der Waals surface area contributed by atoms with Gasteiger partial charge in [-0.2, -0.15) is 0 Å². The second kappa shape index (κ2) is 5.33. The van der Waals surface area contributed by atoms with Gasteiger partial charge in [0.1, 0.15) is 5.15 Å². The Labute approximate surface area is 119 Å². The second-order valence-electron chi connectivity index (χ2n) is 5.82. The molecule has 1 amide bonds. The lowest BCUT2D eigenvalue weighted by Crippen LogP contribution is -2.36. The maximum atomic E-state index is 12.3. The first-order valence-corrected chi connectivity index (χ1v) is 6.86. The van der Waals surface area contributed by atoms with Gasteiger partial charge in [-0.3, -0.25) is 4.79 Å². The first-order valence-electron chi connectivity index (χ1n) is 6.49. The van der Waals surface area contributed by atoms with E-state index in [-0.39, 0.29) is 16.5 Å². The summed E-state index contributed by atoms with van der Waals surface area (Å²) < 4.78 is 0. The number of amides is 1. The minimum atomic E-state index is -0.0395. The number of hydrogen-bond acceptors (Lipinski definition) is 2.